The molecule has 0 N–H and O–H groups in total. The monoisotopic (exact) mass is 614 g/mol. The molecule has 48 heavy (non-hydrogen) atoms. The first-order valence-electron chi connectivity index (χ1n) is 15.8. The van der Waals surface area contributed by atoms with Crippen molar-refractivity contribution in [2.24, 2.45) is 0 Å². The lowest BCUT2D eigenvalue weighted by atomic mass is 10.00. The summed E-state index contributed by atoms with van der Waals surface area (Å²) in [5, 5.41) is 2.12. The Morgan fingerprint density at radius 3 is 1.77 bits per heavy atom. The first-order valence-corrected chi connectivity index (χ1v) is 15.8. The van der Waals surface area contributed by atoms with Crippen LogP contribution in [-0.2, 0) is 0 Å². The number of benzene rings is 4. The zero-order chi connectivity index (χ0) is 31.9. The molecule has 4 aromatic carbocycles. The van der Waals surface area contributed by atoms with Crippen LogP contribution in [0, 0.1) is 0 Å². The predicted octanol–water partition coefficient (Wildman–Crippen LogP) is 9.85. The minimum absolute atomic E-state index is 0.721. The van der Waals surface area contributed by atoms with Crippen LogP contribution in [0.15, 0.2) is 158 Å². The highest BCUT2D eigenvalue weighted by atomic mass is 14.9. The average molecular weight is 615 g/mol. The van der Waals surface area contributed by atoms with Crippen LogP contribution in [0.5, 0.6) is 0 Å². The lowest BCUT2D eigenvalue weighted by molar-refractivity contribution is 1.22. The summed E-state index contributed by atoms with van der Waals surface area (Å²) in [6.07, 6.45) is 5.34. The Morgan fingerprint density at radius 2 is 1.02 bits per heavy atom. The summed E-state index contributed by atoms with van der Waals surface area (Å²) >= 11 is 0. The molecule has 5 heterocycles. The van der Waals surface area contributed by atoms with Gasteiger partial charge in [-0.1, -0.05) is 84.9 Å². The van der Waals surface area contributed by atoms with Crippen LogP contribution in [0.1, 0.15) is 0 Å². The summed E-state index contributed by atoms with van der Waals surface area (Å²) in [6, 6.07) is 47.3. The number of aromatic nitrogens is 6. The number of fused-ring (bicyclic) bond motifs is 4. The summed E-state index contributed by atoms with van der Waals surface area (Å²) in [5.41, 5.74) is 12.6. The second-order valence-corrected chi connectivity index (χ2v) is 11.6. The topological polar surface area (TPSA) is 77.3 Å². The van der Waals surface area contributed by atoms with Gasteiger partial charge in [-0.25, -0.2) is 19.9 Å². The molecule has 0 atom stereocenters. The highest BCUT2D eigenvalue weighted by Gasteiger charge is 2.15. The van der Waals surface area contributed by atoms with E-state index in [9.17, 15) is 0 Å². The normalized spacial score (nSPS) is 11.3. The van der Waals surface area contributed by atoms with E-state index < -0.39 is 0 Å². The molecule has 6 nitrogen and oxygen atoms in total. The minimum Gasteiger partial charge on any atom is -0.264 e. The molecule has 0 amide bonds. The summed E-state index contributed by atoms with van der Waals surface area (Å²) < 4.78 is 0. The van der Waals surface area contributed by atoms with Gasteiger partial charge in [0.1, 0.15) is 11.4 Å². The minimum atomic E-state index is 0.721. The molecule has 9 aromatic rings. The summed E-state index contributed by atoms with van der Waals surface area (Å²) in [7, 11) is 0. The Kier molecular flexibility index (Phi) is 6.68. The van der Waals surface area contributed by atoms with E-state index in [4.69, 9.17) is 19.9 Å². The van der Waals surface area contributed by atoms with E-state index in [1.807, 2.05) is 60.8 Å². The lowest BCUT2D eigenvalue weighted by Gasteiger charge is -2.11. The van der Waals surface area contributed by atoms with Gasteiger partial charge in [-0.05, 0) is 65.7 Å². The molecule has 0 saturated heterocycles. The Morgan fingerprint density at radius 1 is 0.354 bits per heavy atom. The van der Waals surface area contributed by atoms with Crippen LogP contribution in [0.2, 0.25) is 0 Å². The molecule has 0 bridgehead atoms. The molecule has 0 fully saturated rings. The van der Waals surface area contributed by atoms with E-state index in [1.165, 1.54) is 0 Å². The second-order valence-electron chi connectivity index (χ2n) is 11.6. The molecular weight excluding hydrogens is 589 g/mol. The Balaban J connectivity index is 1.13. The van der Waals surface area contributed by atoms with Gasteiger partial charge in [-0.2, -0.15) is 0 Å². The predicted molar refractivity (Wildman–Crippen MR) is 193 cm³/mol. The van der Waals surface area contributed by atoms with Crippen molar-refractivity contribution >= 4 is 32.8 Å². The highest BCUT2D eigenvalue weighted by molar-refractivity contribution is 6.04. The van der Waals surface area contributed by atoms with Gasteiger partial charge < -0.3 is 0 Å². The Bertz CT molecular complexity index is 2610. The highest BCUT2D eigenvalue weighted by Crippen LogP contribution is 2.33. The van der Waals surface area contributed by atoms with Crippen molar-refractivity contribution in [1.82, 2.24) is 29.9 Å². The SMILES string of the molecule is c1ccc(-c2ccc3ccc4ccc(-c5cccc(-c6ccc7nc(-c8cccnc8)c(-c8ccccn8)nc7c6)c5)nc4c3n2)cc1. The number of pyridine rings is 4. The molecule has 0 radical (unpaired) electrons. The lowest BCUT2D eigenvalue weighted by Crippen LogP contribution is -1.97. The molecule has 0 aliphatic rings. The number of rotatable bonds is 5. The number of hydrogen-bond acceptors (Lipinski definition) is 6. The van der Waals surface area contributed by atoms with Crippen LogP contribution in [0.25, 0.3) is 89.1 Å². The first-order chi connectivity index (χ1) is 23.8. The van der Waals surface area contributed by atoms with Crippen molar-refractivity contribution in [3.63, 3.8) is 0 Å². The summed E-state index contributed by atoms with van der Waals surface area (Å²) in [4.78, 5) is 29.3. The van der Waals surface area contributed by atoms with E-state index in [0.717, 1.165) is 89.1 Å². The van der Waals surface area contributed by atoms with E-state index in [-0.39, 0.29) is 0 Å². The molecule has 224 valence electrons. The van der Waals surface area contributed by atoms with Crippen molar-refractivity contribution in [2.45, 2.75) is 0 Å². The Labute approximate surface area is 276 Å². The third-order valence-electron chi connectivity index (χ3n) is 8.59. The van der Waals surface area contributed by atoms with Crippen molar-refractivity contribution in [3.8, 4) is 56.3 Å². The van der Waals surface area contributed by atoms with Gasteiger partial charge in [0.05, 0.1) is 39.1 Å². The molecule has 5 aromatic heterocycles. The maximum absolute atomic E-state index is 5.18. The van der Waals surface area contributed by atoms with Crippen molar-refractivity contribution in [2.75, 3.05) is 0 Å². The fraction of sp³-hybridized carbons (Fsp3) is 0. The molecule has 6 heteroatoms. The number of nitrogens with zero attached hydrogens (tertiary/aromatic N) is 6. The van der Waals surface area contributed by atoms with Crippen molar-refractivity contribution < 1.29 is 0 Å². The van der Waals surface area contributed by atoms with Crippen LogP contribution in [-0.4, -0.2) is 29.9 Å². The van der Waals surface area contributed by atoms with E-state index in [2.05, 4.69) is 94.9 Å². The van der Waals surface area contributed by atoms with Crippen LogP contribution < -0.4 is 0 Å². The average Bonchev–Trinajstić information content (AvgIpc) is 3.18. The van der Waals surface area contributed by atoms with Gasteiger partial charge in [-0.3, -0.25) is 9.97 Å². The van der Waals surface area contributed by atoms with Crippen LogP contribution >= 0.6 is 0 Å². The molecule has 0 spiro atoms. The molecule has 0 aliphatic carbocycles. The van der Waals surface area contributed by atoms with Gasteiger partial charge in [0.15, 0.2) is 0 Å². The molecule has 0 unspecified atom stereocenters. The Hall–Kier alpha value is -6.66. The van der Waals surface area contributed by atoms with E-state index in [0.29, 0.717) is 0 Å². The van der Waals surface area contributed by atoms with E-state index >= 15 is 0 Å². The molecule has 0 aliphatic heterocycles. The summed E-state index contributed by atoms with van der Waals surface area (Å²) in [6.45, 7) is 0. The molecule has 0 saturated carbocycles. The van der Waals surface area contributed by atoms with Crippen molar-refractivity contribution in [3.05, 3.63) is 158 Å². The fourth-order valence-corrected chi connectivity index (χ4v) is 6.18. The maximum Gasteiger partial charge on any atom is 0.116 e. The third-order valence-corrected chi connectivity index (χ3v) is 8.59. The maximum atomic E-state index is 5.18. The quantitative estimate of drug-likeness (QED) is 0.180. The van der Waals surface area contributed by atoms with Crippen LogP contribution in [0.3, 0.4) is 0 Å². The standard InChI is InChI=1S/C42H26N6/c1-2-8-27(9-3-1)34-19-16-28-14-15-29-17-20-35(46-40(29)39(28)45-34)32-11-6-10-30(24-32)31-18-21-36-38(25-31)48-42(37-13-4-5-23-44-37)41(47-36)33-12-7-22-43-26-33/h1-26H. The molecule has 9 rings (SSSR count). The third kappa shape index (κ3) is 5.02. The smallest absolute Gasteiger partial charge is 0.116 e. The van der Waals surface area contributed by atoms with Crippen molar-refractivity contribution in [1.29, 1.82) is 0 Å². The largest absolute Gasteiger partial charge is 0.264 e. The molecular formula is C42H26N6. The zero-order valence-electron chi connectivity index (χ0n) is 25.7. The van der Waals surface area contributed by atoms with Gasteiger partial charge in [0, 0.05) is 46.1 Å². The van der Waals surface area contributed by atoms with Gasteiger partial charge >= 0.3 is 0 Å². The van der Waals surface area contributed by atoms with E-state index in [1.54, 1.807) is 12.4 Å². The van der Waals surface area contributed by atoms with Gasteiger partial charge in [-0.15, -0.1) is 0 Å². The second kappa shape index (κ2) is 11.6. The fourth-order valence-electron chi connectivity index (χ4n) is 6.18. The van der Waals surface area contributed by atoms with Gasteiger partial charge in [0.2, 0.25) is 0 Å². The first kappa shape index (κ1) is 27.6. The van der Waals surface area contributed by atoms with Gasteiger partial charge in [0.25, 0.3) is 0 Å². The zero-order valence-corrected chi connectivity index (χ0v) is 25.7. The van der Waals surface area contributed by atoms with Crippen LogP contribution in [0.4, 0.5) is 0 Å². The summed E-state index contributed by atoms with van der Waals surface area (Å²) in [5.74, 6) is 0. The number of hydrogen-bond donors (Lipinski definition) is 0.